The van der Waals surface area contributed by atoms with E-state index in [0.717, 1.165) is 12.8 Å². The van der Waals surface area contributed by atoms with Gasteiger partial charge in [-0.25, -0.2) is 4.39 Å². The maximum atomic E-state index is 13.8. The number of hydrogen-bond donors (Lipinski definition) is 1. The highest BCUT2D eigenvalue weighted by molar-refractivity contribution is 6.02. The average molecular weight is 451 g/mol. The number of benzene rings is 2. The fourth-order valence-electron chi connectivity index (χ4n) is 4.01. The number of para-hydroxylation sites is 1. The lowest BCUT2D eigenvalue weighted by Crippen LogP contribution is -2.50. The number of likely N-dealkylation sites (tertiary alicyclic amines) is 1. The lowest BCUT2D eigenvalue weighted by Gasteiger charge is -2.34. The molecule has 2 heterocycles. The molecule has 1 fully saturated rings. The molecule has 0 saturated carbocycles. The second kappa shape index (κ2) is 9.85. The Morgan fingerprint density at radius 2 is 1.94 bits per heavy atom. The van der Waals surface area contributed by atoms with Crippen molar-refractivity contribution in [2.45, 2.75) is 45.6 Å². The van der Waals surface area contributed by atoms with Gasteiger partial charge in [0.25, 0.3) is 5.91 Å². The van der Waals surface area contributed by atoms with E-state index in [1.807, 2.05) is 6.92 Å². The van der Waals surface area contributed by atoms with E-state index in [-0.39, 0.29) is 17.6 Å². The summed E-state index contributed by atoms with van der Waals surface area (Å²) in [7, 11) is 0. The molecule has 1 aliphatic rings. The monoisotopic (exact) mass is 451 g/mol. The third kappa shape index (κ3) is 4.89. The Balaban J connectivity index is 1.45. The molecular formula is C25H26FN3O4. The molecule has 8 heteroatoms. The zero-order valence-electron chi connectivity index (χ0n) is 18.6. The lowest BCUT2D eigenvalue weighted by molar-refractivity contribution is -0.121. The molecule has 172 valence electrons. The number of anilines is 1. The highest BCUT2D eigenvalue weighted by Gasteiger charge is 2.35. The number of halogens is 1. The Bertz CT molecular complexity index is 1140. The molecule has 3 aromatic rings. The Morgan fingerprint density at radius 1 is 1.18 bits per heavy atom. The normalized spacial score (nSPS) is 15.8. The number of aromatic nitrogens is 1. The van der Waals surface area contributed by atoms with Crippen LogP contribution in [0.5, 0.6) is 11.5 Å². The highest BCUT2D eigenvalue weighted by atomic mass is 19.1. The van der Waals surface area contributed by atoms with Crippen LogP contribution in [-0.4, -0.2) is 34.5 Å². The number of ether oxygens (including phenoxy) is 1. The first kappa shape index (κ1) is 22.5. The van der Waals surface area contributed by atoms with Crippen LogP contribution in [0.15, 0.2) is 53.1 Å². The quantitative estimate of drug-likeness (QED) is 0.563. The van der Waals surface area contributed by atoms with E-state index in [9.17, 15) is 14.0 Å². The topological polar surface area (TPSA) is 84.7 Å². The molecule has 1 aromatic heterocycles. The van der Waals surface area contributed by atoms with Gasteiger partial charge in [0.05, 0.1) is 5.69 Å². The van der Waals surface area contributed by atoms with Crippen LogP contribution in [0.1, 0.15) is 48.0 Å². The fraction of sp³-hybridized carbons (Fsp3) is 0.320. The van der Waals surface area contributed by atoms with Gasteiger partial charge in [0, 0.05) is 12.2 Å². The van der Waals surface area contributed by atoms with Crippen LogP contribution in [0, 0.1) is 12.7 Å². The molecule has 1 saturated heterocycles. The maximum absolute atomic E-state index is 13.8. The fourth-order valence-corrected chi connectivity index (χ4v) is 4.01. The molecule has 0 unspecified atom stereocenters. The average Bonchev–Trinajstić information content (AvgIpc) is 3.21. The Kier molecular flexibility index (Phi) is 6.72. The third-order valence-corrected chi connectivity index (χ3v) is 5.73. The smallest absolute Gasteiger partial charge is 0.260 e. The molecule has 0 bridgehead atoms. The van der Waals surface area contributed by atoms with Crippen molar-refractivity contribution in [2.24, 2.45) is 0 Å². The van der Waals surface area contributed by atoms with Crippen LogP contribution in [0.3, 0.4) is 0 Å². The van der Waals surface area contributed by atoms with Crippen LogP contribution in [0.25, 0.3) is 0 Å². The predicted molar refractivity (Wildman–Crippen MR) is 121 cm³/mol. The van der Waals surface area contributed by atoms with Gasteiger partial charge in [-0.1, -0.05) is 24.2 Å². The van der Waals surface area contributed by atoms with Crippen molar-refractivity contribution in [3.63, 3.8) is 0 Å². The minimum absolute atomic E-state index is 0.126. The minimum atomic E-state index is -0.584. The number of piperidine rings is 1. The molecule has 0 aliphatic carbocycles. The van der Waals surface area contributed by atoms with Crippen molar-refractivity contribution in [2.75, 3.05) is 11.9 Å². The van der Waals surface area contributed by atoms with Gasteiger partial charge in [-0.2, -0.15) is 0 Å². The molecule has 0 spiro atoms. The number of nitrogens with one attached hydrogen (secondary N) is 1. The van der Waals surface area contributed by atoms with Gasteiger partial charge in [0.2, 0.25) is 5.91 Å². The van der Waals surface area contributed by atoms with E-state index in [4.69, 9.17) is 9.26 Å². The van der Waals surface area contributed by atoms with E-state index in [0.29, 0.717) is 47.8 Å². The largest absolute Gasteiger partial charge is 0.454 e. The molecule has 7 nitrogen and oxygen atoms in total. The van der Waals surface area contributed by atoms with Crippen LogP contribution in [-0.2, 0) is 11.2 Å². The van der Waals surface area contributed by atoms with Gasteiger partial charge in [0.1, 0.15) is 23.1 Å². The van der Waals surface area contributed by atoms with Crippen molar-refractivity contribution in [3.8, 4) is 11.5 Å². The summed E-state index contributed by atoms with van der Waals surface area (Å²) < 4.78 is 24.6. The Morgan fingerprint density at radius 3 is 2.67 bits per heavy atom. The SMILES string of the molecule is CCc1noc(C)c1C(=O)N1CCCC[C@H]1C(=O)Nc1ccc(Oc2ccccc2F)cc1. The summed E-state index contributed by atoms with van der Waals surface area (Å²) >= 11 is 0. The van der Waals surface area contributed by atoms with E-state index in [1.54, 1.807) is 54.3 Å². The lowest BCUT2D eigenvalue weighted by atomic mass is 9.99. The molecule has 1 N–H and O–H groups in total. The number of rotatable bonds is 6. The van der Waals surface area contributed by atoms with Gasteiger partial charge in [0.15, 0.2) is 11.6 Å². The number of aryl methyl sites for hydroxylation is 2. The molecule has 1 aliphatic heterocycles. The first-order valence-corrected chi connectivity index (χ1v) is 11.1. The van der Waals surface area contributed by atoms with Gasteiger partial charge in [-0.05, 0) is 69.0 Å². The first-order chi connectivity index (χ1) is 16.0. The van der Waals surface area contributed by atoms with Crippen molar-refractivity contribution in [3.05, 3.63) is 71.4 Å². The summed E-state index contributed by atoms with van der Waals surface area (Å²) in [6.45, 7) is 4.12. The minimum Gasteiger partial charge on any atom is -0.454 e. The van der Waals surface area contributed by atoms with Crippen LogP contribution >= 0.6 is 0 Å². The van der Waals surface area contributed by atoms with Gasteiger partial charge in [-0.15, -0.1) is 0 Å². The van der Waals surface area contributed by atoms with E-state index < -0.39 is 11.9 Å². The molecule has 1 atom stereocenters. The number of carbonyl (C=O) groups is 2. The molecule has 33 heavy (non-hydrogen) atoms. The van der Waals surface area contributed by atoms with Crippen LogP contribution < -0.4 is 10.1 Å². The third-order valence-electron chi connectivity index (χ3n) is 5.73. The predicted octanol–water partition coefficient (Wildman–Crippen LogP) is 5.11. The standard InChI is InChI=1S/C25H26FN3O4/c1-3-20-23(16(2)33-28-20)25(31)29-15-7-6-9-21(29)24(30)27-17-11-13-18(14-12-17)32-22-10-5-4-8-19(22)26/h4-5,8,10-14,21H,3,6-7,9,15H2,1-2H3,(H,27,30)/t21-/m0/s1. The second-order valence-corrected chi connectivity index (χ2v) is 7.97. The van der Waals surface area contributed by atoms with E-state index in [2.05, 4.69) is 10.5 Å². The summed E-state index contributed by atoms with van der Waals surface area (Å²) in [6, 6.07) is 12.2. The van der Waals surface area contributed by atoms with Crippen molar-refractivity contribution in [1.82, 2.24) is 10.1 Å². The summed E-state index contributed by atoms with van der Waals surface area (Å²) in [5.41, 5.74) is 1.62. The Labute approximate surface area is 191 Å². The zero-order valence-corrected chi connectivity index (χ0v) is 18.6. The first-order valence-electron chi connectivity index (χ1n) is 11.1. The number of amides is 2. The van der Waals surface area contributed by atoms with Gasteiger partial charge in [-0.3, -0.25) is 9.59 Å². The van der Waals surface area contributed by atoms with Crippen LogP contribution in [0.4, 0.5) is 10.1 Å². The van der Waals surface area contributed by atoms with Crippen molar-refractivity contribution < 1.29 is 23.2 Å². The zero-order chi connectivity index (χ0) is 23.4. The Hall–Kier alpha value is -3.68. The molecule has 0 radical (unpaired) electrons. The second-order valence-electron chi connectivity index (χ2n) is 7.97. The summed E-state index contributed by atoms with van der Waals surface area (Å²) in [6.07, 6.45) is 2.85. The molecule has 4 rings (SSSR count). The molecule has 2 amide bonds. The van der Waals surface area contributed by atoms with Crippen molar-refractivity contribution >= 4 is 17.5 Å². The van der Waals surface area contributed by atoms with E-state index in [1.165, 1.54) is 6.07 Å². The van der Waals surface area contributed by atoms with Crippen LogP contribution in [0.2, 0.25) is 0 Å². The van der Waals surface area contributed by atoms with Gasteiger partial charge < -0.3 is 19.5 Å². The summed E-state index contributed by atoms with van der Waals surface area (Å²) in [5, 5.41) is 6.86. The maximum Gasteiger partial charge on any atom is 0.260 e. The number of nitrogens with zero attached hydrogens (tertiary/aromatic N) is 2. The highest BCUT2D eigenvalue weighted by Crippen LogP contribution is 2.27. The number of hydrogen-bond acceptors (Lipinski definition) is 5. The number of carbonyl (C=O) groups excluding carboxylic acids is 2. The summed E-state index contributed by atoms with van der Waals surface area (Å²) in [4.78, 5) is 28.0. The summed E-state index contributed by atoms with van der Waals surface area (Å²) in [5.74, 6) is 0.110. The van der Waals surface area contributed by atoms with E-state index >= 15 is 0 Å². The molecule has 2 aromatic carbocycles. The van der Waals surface area contributed by atoms with Crippen molar-refractivity contribution in [1.29, 1.82) is 0 Å². The molecular weight excluding hydrogens is 425 g/mol. The van der Waals surface area contributed by atoms with Gasteiger partial charge >= 0.3 is 0 Å².